The van der Waals surface area contributed by atoms with Crippen molar-refractivity contribution in [2.24, 2.45) is 0 Å². The van der Waals surface area contributed by atoms with E-state index in [0.29, 0.717) is 35.4 Å². The molecule has 0 spiro atoms. The summed E-state index contributed by atoms with van der Waals surface area (Å²) in [5.74, 6) is 0.481. The molecule has 3 aromatic heterocycles. The normalized spacial score (nSPS) is 13.9. The Labute approximate surface area is 196 Å². The minimum atomic E-state index is -2.75. The second-order valence-corrected chi connectivity index (χ2v) is 8.29. The van der Waals surface area contributed by atoms with Crippen molar-refractivity contribution in [2.45, 2.75) is 39.2 Å². The molecule has 3 heterocycles. The van der Waals surface area contributed by atoms with E-state index in [4.69, 9.17) is 19.6 Å². The zero-order valence-corrected chi connectivity index (χ0v) is 19.1. The van der Waals surface area contributed by atoms with E-state index in [2.05, 4.69) is 40.3 Å². The molecule has 0 bridgehead atoms. The van der Waals surface area contributed by atoms with Gasteiger partial charge in [0, 0.05) is 24.2 Å². The molecular formula is C21H29N9O3. The van der Waals surface area contributed by atoms with Crippen LogP contribution in [0.5, 0.6) is 5.88 Å². The van der Waals surface area contributed by atoms with Gasteiger partial charge in [-0.3, -0.25) is 0 Å². The maximum Gasteiger partial charge on any atom is 0.407 e. The van der Waals surface area contributed by atoms with Gasteiger partial charge >= 0.3 is 6.09 Å². The fraction of sp³-hybridized carbons (Fsp3) is 0.429. The summed E-state index contributed by atoms with van der Waals surface area (Å²) in [6.45, 7) is 8.11. The highest BCUT2D eigenvalue weighted by Crippen LogP contribution is 2.33. The number of nitrogens with zero attached hydrogens (tertiary/aromatic N) is 5. The van der Waals surface area contributed by atoms with Gasteiger partial charge in [0.25, 0.3) is 5.88 Å². The van der Waals surface area contributed by atoms with Crippen molar-refractivity contribution >= 4 is 17.9 Å². The summed E-state index contributed by atoms with van der Waals surface area (Å²) in [6.07, 6.45) is 2.42. The van der Waals surface area contributed by atoms with Crippen LogP contribution in [-0.4, -0.2) is 62.7 Å². The molecule has 0 aromatic carbocycles. The third-order valence-electron chi connectivity index (χ3n) is 4.55. The average molecular weight is 459 g/mol. The van der Waals surface area contributed by atoms with Crippen molar-refractivity contribution in [3.63, 3.8) is 0 Å². The van der Waals surface area contributed by atoms with E-state index in [9.17, 15) is 4.79 Å². The molecule has 1 amide bonds. The molecule has 3 rings (SSSR count). The Hall–Kier alpha value is -3.96. The molecule has 1 atom stereocenters. The number of amides is 1. The van der Waals surface area contributed by atoms with Gasteiger partial charge in [-0.05, 0) is 13.0 Å². The Kier molecular flexibility index (Phi) is 5.78. The van der Waals surface area contributed by atoms with Crippen molar-refractivity contribution in [1.29, 1.82) is 0 Å². The third kappa shape index (κ3) is 5.64. The number of hydrogen-bond acceptors (Lipinski definition) is 10. The Morgan fingerprint density at radius 2 is 2.06 bits per heavy atom. The highest BCUT2D eigenvalue weighted by Gasteiger charge is 2.24. The molecule has 0 radical (unpaired) electrons. The Morgan fingerprint density at radius 3 is 2.76 bits per heavy atom. The predicted octanol–water partition coefficient (Wildman–Crippen LogP) is 2.37. The van der Waals surface area contributed by atoms with Gasteiger partial charge in [0.15, 0.2) is 5.82 Å². The van der Waals surface area contributed by atoms with Crippen LogP contribution in [0.25, 0.3) is 22.8 Å². The molecule has 0 saturated carbocycles. The first kappa shape index (κ1) is 19.7. The second-order valence-electron chi connectivity index (χ2n) is 8.29. The van der Waals surface area contributed by atoms with E-state index in [0.717, 1.165) is 0 Å². The van der Waals surface area contributed by atoms with Crippen LogP contribution >= 0.6 is 0 Å². The predicted molar refractivity (Wildman–Crippen MR) is 124 cm³/mol. The monoisotopic (exact) mass is 458 g/mol. The highest BCUT2D eigenvalue weighted by atomic mass is 16.5. The lowest BCUT2D eigenvalue weighted by molar-refractivity contribution is 0.168. The minimum absolute atomic E-state index is 0.161. The summed E-state index contributed by atoms with van der Waals surface area (Å²) in [5, 5.41) is 5.72. The number of ether oxygens (including phenoxy) is 2. The summed E-state index contributed by atoms with van der Waals surface area (Å²) >= 11 is 0. The maximum absolute atomic E-state index is 11.4. The first-order valence-electron chi connectivity index (χ1n) is 11.6. The molecule has 5 N–H and O–H groups in total. The number of nitrogens with two attached hydrogens (primary N) is 1. The SMILES string of the molecule is [2H]C([2H])([2H])Oc1nc(-c2nc(C(C)(C)C)[nH]c2-c2ccnc(NC[C@H](C)NC(=O)OC)n2)cnc1N. The molecule has 0 fully saturated rings. The van der Waals surface area contributed by atoms with E-state index in [-0.39, 0.29) is 28.8 Å². The molecule has 0 aliphatic rings. The molecule has 12 nitrogen and oxygen atoms in total. The smallest absolute Gasteiger partial charge is 0.407 e. The number of carbonyl (C=O) groups is 1. The topological polar surface area (TPSA) is 166 Å². The van der Waals surface area contributed by atoms with Crippen molar-refractivity contribution in [3.05, 3.63) is 24.3 Å². The summed E-state index contributed by atoms with van der Waals surface area (Å²) < 4.78 is 31.6. The summed E-state index contributed by atoms with van der Waals surface area (Å²) in [5.41, 5.74) is 7.07. The van der Waals surface area contributed by atoms with E-state index in [1.54, 1.807) is 19.2 Å². The van der Waals surface area contributed by atoms with Gasteiger partial charge in [0.05, 0.1) is 35.8 Å². The largest absolute Gasteiger partial charge is 0.478 e. The fourth-order valence-electron chi connectivity index (χ4n) is 2.81. The molecule has 176 valence electrons. The Bertz CT molecular complexity index is 1230. The quantitative estimate of drug-likeness (QED) is 0.413. The Balaban J connectivity index is 1.99. The lowest BCUT2D eigenvalue weighted by Gasteiger charge is -2.14. The van der Waals surface area contributed by atoms with Gasteiger partial charge in [-0.15, -0.1) is 0 Å². The van der Waals surface area contributed by atoms with Gasteiger partial charge in [-0.1, -0.05) is 20.8 Å². The standard InChI is InChI=1S/C21H29N9O3/c1-11(26-20(31)33-6)9-25-19-23-8-7-12(28-19)14-15(30-18(29-14)21(2,3)4)13-10-24-16(22)17(27-13)32-5/h7-8,10-11H,9H2,1-6H3,(H2,22,24)(H,26,31)(H,29,30)(H,23,25,28)/t11-/m0/s1/i5D3. The van der Waals surface area contributed by atoms with E-state index >= 15 is 0 Å². The first-order chi connectivity index (χ1) is 16.8. The highest BCUT2D eigenvalue weighted by molar-refractivity contribution is 5.75. The molecule has 3 aromatic rings. The molecule has 0 aliphatic carbocycles. The van der Waals surface area contributed by atoms with Crippen LogP contribution in [-0.2, 0) is 10.2 Å². The van der Waals surface area contributed by atoms with Crippen molar-refractivity contribution in [3.8, 4) is 28.7 Å². The number of aromatic nitrogens is 6. The first-order valence-corrected chi connectivity index (χ1v) is 10.1. The van der Waals surface area contributed by atoms with Crippen LogP contribution < -0.4 is 21.1 Å². The number of aromatic amines is 1. The molecule has 0 unspecified atom stereocenters. The molecule has 33 heavy (non-hydrogen) atoms. The maximum atomic E-state index is 11.4. The zero-order chi connectivity index (χ0) is 26.7. The number of rotatable bonds is 7. The fourth-order valence-corrected chi connectivity index (χ4v) is 2.81. The van der Waals surface area contributed by atoms with Gasteiger partial charge in [-0.2, -0.15) is 0 Å². The van der Waals surface area contributed by atoms with E-state index in [1.165, 1.54) is 13.3 Å². The summed E-state index contributed by atoms with van der Waals surface area (Å²) in [4.78, 5) is 36.5. The zero-order valence-electron chi connectivity index (χ0n) is 22.1. The number of imidazole rings is 1. The van der Waals surface area contributed by atoms with Crippen LogP contribution in [0, 0.1) is 0 Å². The number of hydrogen-bond donors (Lipinski definition) is 4. The van der Waals surface area contributed by atoms with Gasteiger partial charge < -0.3 is 30.8 Å². The van der Waals surface area contributed by atoms with E-state index < -0.39 is 13.1 Å². The van der Waals surface area contributed by atoms with Crippen LogP contribution in [0.15, 0.2) is 18.5 Å². The number of nitrogen functional groups attached to an aromatic ring is 1. The van der Waals surface area contributed by atoms with Gasteiger partial charge in [0.1, 0.15) is 17.2 Å². The molecular weight excluding hydrogens is 426 g/mol. The minimum Gasteiger partial charge on any atom is -0.478 e. The molecule has 0 aliphatic heterocycles. The molecule has 12 heteroatoms. The lowest BCUT2D eigenvalue weighted by atomic mass is 9.96. The molecule has 0 saturated heterocycles. The number of methoxy groups -OCH3 is 2. The van der Waals surface area contributed by atoms with Gasteiger partial charge in [0.2, 0.25) is 5.95 Å². The van der Waals surface area contributed by atoms with Gasteiger partial charge in [-0.25, -0.2) is 29.7 Å². The number of alkyl carbamates (subject to hydrolysis) is 1. The van der Waals surface area contributed by atoms with Crippen LogP contribution in [0.4, 0.5) is 16.6 Å². The van der Waals surface area contributed by atoms with Crippen LogP contribution in [0.3, 0.4) is 0 Å². The third-order valence-corrected chi connectivity index (χ3v) is 4.55. The van der Waals surface area contributed by atoms with Crippen molar-refractivity contribution in [2.75, 3.05) is 31.7 Å². The number of anilines is 2. The summed E-state index contributed by atoms with van der Waals surface area (Å²) in [7, 11) is -1.46. The van der Waals surface area contributed by atoms with Crippen molar-refractivity contribution in [1.82, 2.24) is 35.2 Å². The van der Waals surface area contributed by atoms with Crippen molar-refractivity contribution < 1.29 is 18.4 Å². The second kappa shape index (κ2) is 9.67. The average Bonchev–Trinajstić information content (AvgIpc) is 3.24. The summed E-state index contributed by atoms with van der Waals surface area (Å²) in [6, 6.07) is 1.44. The van der Waals surface area contributed by atoms with Crippen LogP contribution in [0.2, 0.25) is 0 Å². The Morgan fingerprint density at radius 1 is 1.27 bits per heavy atom. The lowest BCUT2D eigenvalue weighted by Crippen LogP contribution is -2.37. The van der Waals surface area contributed by atoms with E-state index in [1.807, 2.05) is 20.8 Å². The van der Waals surface area contributed by atoms with Crippen LogP contribution in [0.1, 0.15) is 37.6 Å². The number of nitrogens with one attached hydrogen (secondary N) is 3. The number of carbonyl (C=O) groups excluding carboxylic acids is 1. The number of H-pyrrole nitrogens is 1.